The van der Waals surface area contributed by atoms with Crippen LogP contribution >= 0.6 is 0 Å². The summed E-state index contributed by atoms with van der Waals surface area (Å²) in [7, 11) is 0. The molecule has 1 aliphatic carbocycles. The lowest BCUT2D eigenvalue weighted by molar-refractivity contribution is 0.263. The Morgan fingerprint density at radius 3 is 2.75 bits per heavy atom. The number of hydrogen-bond donors (Lipinski definition) is 1. The van der Waals surface area contributed by atoms with Crippen LogP contribution in [0.1, 0.15) is 50.4 Å². The highest BCUT2D eigenvalue weighted by Crippen LogP contribution is 2.17. The van der Waals surface area contributed by atoms with Crippen LogP contribution in [0.5, 0.6) is 0 Å². The highest BCUT2D eigenvalue weighted by molar-refractivity contribution is 5.09. The molecule has 0 amide bonds. The second-order valence-corrected chi connectivity index (χ2v) is 5.93. The molecule has 2 rings (SSSR count). The van der Waals surface area contributed by atoms with Crippen molar-refractivity contribution in [2.24, 2.45) is 0 Å². The highest BCUT2D eigenvalue weighted by atomic mass is 15.1. The fourth-order valence-electron chi connectivity index (χ4n) is 3.00. The lowest BCUT2D eigenvalue weighted by Crippen LogP contribution is -2.38. The van der Waals surface area contributed by atoms with E-state index in [1.54, 1.807) is 0 Å². The van der Waals surface area contributed by atoms with Gasteiger partial charge in [0.05, 0.1) is 5.69 Å². The van der Waals surface area contributed by atoms with Crippen molar-refractivity contribution in [2.45, 2.75) is 58.5 Å². The molecule has 0 radical (unpaired) electrons. The summed E-state index contributed by atoms with van der Waals surface area (Å²) >= 11 is 0. The zero-order valence-electron chi connectivity index (χ0n) is 13.1. The Morgan fingerprint density at radius 2 is 2.05 bits per heavy atom. The topological polar surface area (TPSA) is 28.2 Å². The molecule has 0 spiro atoms. The van der Waals surface area contributed by atoms with Crippen molar-refractivity contribution in [2.75, 3.05) is 19.6 Å². The van der Waals surface area contributed by atoms with Crippen molar-refractivity contribution in [1.82, 2.24) is 15.2 Å². The first kappa shape index (κ1) is 15.5. The third-order valence-corrected chi connectivity index (χ3v) is 4.25. The van der Waals surface area contributed by atoms with E-state index < -0.39 is 0 Å². The fraction of sp³-hybridized carbons (Fsp3) is 0.706. The van der Waals surface area contributed by atoms with Crippen molar-refractivity contribution in [3.63, 3.8) is 0 Å². The summed E-state index contributed by atoms with van der Waals surface area (Å²) in [6, 6.07) is 7.06. The predicted molar refractivity (Wildman–Crippen MR) is 84.8 cm³/mol. The van der Waals surface area contributed by atoms with Crippen LogP contribution < -0.4 is 5.32 Å². The number of pyridine rings is 1. The molecule has 1 aliphatic rings. The van der Waals surface area contributed by atoms with Crippen molar-refractivity contribution in [3.05, 3.63) is 29.6 Å². The van der Waals surface area contributed by atoms with E-state index in [0.29, 0.717) is 0 Å². The monoisotopic (exact) mass is 275 g/mol. The van der Waals surface area contributed by atoms with Crippen LogP contribution in [0.15, 0.2) is 18.2 Å². The molecule has 0 saturated heterocycles. The largest absolute Gasteiger partial charge is 0.313 e. The zero-order chi connectivity index (χ0) is 14.2. The minimum absolute atomic E-state index is 0.763. The van der Waals surface area contributed by atoms with E-state index in [1.807, 2.05) is 0 Å². The first-order valence-corrected chi connectivity index (χ1v) is 8.16. The first-order valence-electron chi connectivity index (χ1n) is 8.16. The van der Waals surface area contributed by atoms with E-state index in [1.165, 1.54) is 37.8 Å². The summed E-state index contributed by atoms with van der Waals surface area (Å²) in [5.41, 5.74) is 2.29. The highest BCUT2D eigenvalue weighted by Gasteiger charge is 2.12. The van der Waals surface area contributed by atoms with Gasteiger partial charge in [0, 0.05) is 31.4 Å². The van der Waals surface area contributed by atoms with Gasteiger partial charge in [-0.15, -0.1) is 0 Å². The molecule has 3 heteroatoms. The Balaban J connectivity index is 1.71. The van der Waals surface area contributed by atoms with Crippen molar-refractivity contribution >= 4 is 0 Å². The molecule has 3 nitrogen and oxygen atoms in total. The minimum atomic E-state index is 0.763. The van der Waals surface area contributed by atoms with Gasteiger partial charge in [0.1, 0.15) is 0 Å². The van der Waals surface area contributed by atoms with Crippen LogP contribution in [0.3, 0.4) is 0 Å². The van der Waals surface area contributed by atoms with Crippen molar-refractivity contribution in [3.8, 4) is 0 Å². The van der Waals surface area contributed by atoms with Gasteiger partial charge in [-0.05, 0) is 38.4 Å². The van der Waals surface area contributed by atoms with Gasteiger partial charge < -0.3 is 5.32 Å². The van der Waals surface area contributed by atoms with Crippen LogP contribution in [0, 0.1) is 6.92 Å². The van der Waals surface area contributed by atoms with Gasteiger partial charge in [0.15, 0.2) is 0 Å². The van der Waals surface area contributed by atoms with Crippen molar-refractivity contribution < 1.29 is 0 Å². The van der Waals surface area contributed by atoms with Gasteiger partial charge in [-0.1, -0.05) is 32.3 Å². The van der Waals surface area contributed by atoms with Crippen LogP contribution in [-0.4, -0.2) is 35.6 Å². The molecular weight excluding hydrogens is 246 g/mol. The first-order chi connectivity index (χ1) is 9.78. The Labute approximate surface area is 123 Å². The summed E-state index contributed by atoms with van der Waals surface area (Å²) in [6.45, 7) is 8.56. The number of likely N-dealkylation sites (N-methyl/N-ethyl adjacent to an activating group) is 1. The molecule has 0 aromatic carbocycles. The lowest BCUT2D eigenvalue weighted by Gasteiger charge is -2.25. The Kier molecular flexibility index (Phi) is 6.48. The zero-order valence-corrected chi connectivity index (χ0v) is 13.1. The van der Waals surface area contributed by atoms with Gasteiger partial charge in [0.2, 0.25) is 0 Å². The van der Waals surface area contributed by atoms with Crippen LogP contribution in [0.2, 0.25) is 0 Å². The maximum absolute atomic E-state index is 4.60. The third-order valence-electron chi connectivity index (χ3n) is 4.25. The molecule has 0 unspecified atom stereocenters. The molecule has 0 aliphatic heterocycles. The molecular formula is C17H29N3. The van der Waals surface area contributed by atoms with Gasteiger partial charge in [-0.25, -0.2) is 0 Å². The van der Waals surface area contributed by atoms with E-state index in [-0.39, 0.29) is 0 Å². The fourth-order valence-corrected chi connectivity index (χ4v) is 3.00. The lowest BCUT2D eigenvalue weighted by atomic mass is 9.95. The number of hydrogen-bond acceptors (Lipinski definition) is 3. The maximum Gasteiger partial charge on any atom is 0.0547 e. The molecule has 1 heterocycles. The minimum Gasteiger partial charge on any atom is -0.313 e. The SMILES string of the molecule is CCN(CCNC1CCCCC1)Cc1cccc(C)n1. The molecule has 1 fully saturated rings. The third kappa shape index (κ3) is 5.22. The normalized spacial score (nSPS) is 16.8. The van der Waals surface area contributed by atoms with Gasteiger partial charge >= 0.3 is 0 Å². The summed E-state index contributed by atoms with van der Waals surface area (Å²) in [5.74, 6) is 0. The number of aromatic nitrogens is 1. The van der Waals surface area contributed by atoms with Crippen molar-refractivity contribution in [1.29, 1.82) is 0 Å². The van der Waals surface area contributed by atoms with Crippen LogP contribution in [0.4, 0.5) is 0 Å². The number of nitrogens with one attached hydrogen (secondary N) is 1. The Hall–Kier alpha value is -0.930. The number of aryl methyl sites for hydroxylation is 1. The number of nitrogens with zero attached hydrogens (tertiary/aromatic N) is 2. The van der Waals surface area contributed by atoms with Crippen LogP contribution in [0.25, 0.3) is 0 Å². The summed E-state index contributed by atoms with van der Waals surface area (Å²) in [4.78, 5) is 7.07. The average Bonchev–Trinajstić information content (AvgIpc) is 2.47. The van der Waals surface area contributed by atoms with E-state index >= 15 is 0 Å². The second kappa shape index (κ2) is 8.38. The summed E-state index contributed by atoms with van der Waals surface area (Å²) in [5, 5.41) is 3.72. The molecule has 0 bridgehead atoms. The molecule has 1 aromatic rings. The van der Waals surface area contributed by atoms with Gasteiger partial charge in [0.25, 0.3) is 0 Å². The van der Waals surface area contributed by atoms with Crippen LogP contribution in [-0.2, 0) is 6.54 Å². The predicted octanol–water partition coefficient (Wildman–Crippen LogP) is 3.13. The molecule has 1 N–H and O–H groups in total. The molecule has 0 atom stereocenters. The molecule has 20 heavy (non-hydrogen) atoms. The standard InChI is InChI=1S/C17H29N3/c1-3-20(14-17-11-7-8-15(2)19-17)13-12-18-16-9-5-4-6-10-16/h7-8,11,16,18H,3-6,9-10,12-14H2,1-2H3. The van der Waals surface area contributed by atoms with Gasteiger partial charge in [-0.2, -0.15) is 0 Å². The summed E-state index contributed by atoms with van der Waals surface area (Å²) in [6.07, 6.45) is 6.97. The smallest absolute Gasteiger partial charge is 0.0547 e. The quantitative estimate of drug-likeness (QED) is 0.828. The number of rotatable bonds is 7. The average molecular weight is 275 g/mol. The van der Waals surface area contributed by atoms with Gasteiger partial charge in [-0.3, -0.25) is 9.88 Å². The molecule has 1 saturated carbocycles. The second-order valence-electron chi connectivity index (χ2n) is 5.93. The Morgan fingerprint density at radius 1 is 1.25 bits per heavy atom. The Bertz CT molecular complexity index is 386. The molecule has 1 aromatic heterocycles. The summed E-state index contributed by atoms with van der Waals surface area (Å²) < 4.78 is 0. The maximum atomic E-state index is 4.60. The molecule has 112 valence electrons. The van der Waals surface area contributed by atoms with E-state index in [2.05, 4.69) is 47.2 Å². The van der Waals surface area contributed by atoms with E-state index in [9.17, 15) is 0 Å². The van der Waals surface area contributed by atoms with E-state index in [4.69, 9.17) is 0 Å². The van der Waals surface area contributed by atoms with E-state index in [0.717, 1.165) is 37.9 Å².